The molecule has 1 amide bonds. The van der Waals surface area contributed by atoms with Crippen molar-refractivity contribution in [2.75, 3.05) is 6.54 Å². The molecule has 3 heteroatoms. The van der Waals surface area contributed by atoms with Gasteiger partial charge in [-0.3, -0.25) is 4.90 Å². The van der Waals surface area contributed by atoms with Crippen LogP contribution in [-0.2, 0) is 0 Å². The van der Waals surface area contributed by atoms with Crippen molar-refractivity contribution in [2.45, 2.75) is 32.1 Å². The molecule has 3 rings (SSSR count). The van der Waals surface area contributed by atoms with E-state index in [-0.39, 0.29) is 6.09 Å². The van der Waals surface area contributed by atoms with E-state index in [0.717, 1.165) is 13.0 Å². The van der Waals surface area contributed by atoms with Gasteiger partial charge in [0, 0.05) is 18.7 Å². The highest BCUT2D eigenvalue weighted by Gasteiger charge is 2.24. The number of benzene rings is 1. The molecule has 1 aliphatic heterocycles. The first-order valence-corrected chi connectivity index (χ1v) is 7.72. The molecule has 0 aromatic heterocycles. The zero-order valence-electron chi connectivity index (χ0n) is 12.2. The molecule has 0 saturated carbocycles. The van der Waals surface area contributed by atoms with Gasteiger partial charge < -0.3 is 4.74 Å². The van der Waals surface area contributed by atoms with Crippen molar-refractivity contribution in [2.24, 2.45) is 5.92 Å². The number of amides is 1. The Labute approximate surface area is 125 Å². The van der Waals surface area contributed by atoms with Crippen LogP contribution in [-0.4, -0.2) is 17.5 Å². The first-order valence-electron chi connectivity index (χ1n) is 7.72. The summed E-state index contributed by atoms with van der Waals surface area (Å²) in [4.78, 5) is 13.9. The highest BCUT2D eigenvalue weighted by molar-refractivity contribution is 5.72. The molecule has 0 fully saturated rings. The van der Waals surface area contributed by atoms with Gasteiger partial charge in [0.15, 0.2) is 0 Å². The average Bonchev–Trinajstić information content (AvgIpc) is 2.57. The maximum Gasteiger partial charge on any atom is 0.419 e. The summed E-state index contributed by atoms with van der Waals surface area (Å²) >= 11 is 0. The molecule has 1 aromatic rings. The van der Waals surface area contributed by atoms with Crippen LogP contribution in [0, 0.1) is 5.92 Å². The number of ether oxygens (including phenoxy) is 1. The standard InChI is InChI=1S/C18H21NO2/c20-18(21-17-11-5-2-6-12-17)19-13-7-10-16(14-19)15-8-3-1-4-9-15/h2,5-8,11-13,16H,1,3-4,9-10,14H2/t16-/m1/s1. The second kappa shape index (κ2) is 6.61. The van der Waals surface area contributed by atoms with Crippen molar-refractivity contribution in [1.82, 2.24) is 4.90 Å². The van der Waals surface area contributed by atoms with Gasteiger partial charge in [0.05, 0.1) is 0 Å². The van der Waals surface area contributed by atoms with Gasteiger partial charge in [-0.25, -0.2) is 4.79 Å². The summed E-state index contributed by atoms with van der Waals surface area (Å²) in [7, 11) is 0. The summed E-state index contributed by atoms with van der Waals surface area (Å²) in [6, 6.07) is 9.23. The van der Waals surface area contributed by atoms with Crippen molar-refractivity contribution in [3.63, 3.8) is 0 Å². The van der Waals surface area contributed by atoms with E-state index in [0.29, 0.717) is 11.7 Å². The Balaban J connectivity index is 1.63. The number of allylic oxidation sites excluding steroid dienone is 2. The van der Waals surface area contributed by atoms with E-state index in [4.69, 9.17) is 4.74 Å². The van der Waals surface area contributed by atoms with E-state index in [1.807, 2.05) is 24.4 Å². The third-order valence-corrected chi connectivity index (χ3v) is 4.16. The summed E-state index contributed by atoms with van der Waals surface area (Å²) in [5, 5.41) is 0. The maximum atomic E-state index is 12.2. The molecule has 1 aliphatic carbocycles. The number of hydrogen-bond donors (Lipinski definition) is 0. The Kier molecular flexibility index (Phi) is 4.39. The van der Waals surface area contributed by atoms with Crippen molar-refractivity contribution in [3.05, 3.63) is 54.3 Å². The van der Waals surface area contributed by atoms with Crippen LogP contribution in [0.25, 0.3) is 0 Å². The Bertz CT molecular complexity index is 548. The van der Waals surface area contributed by atoms with E-state index in [1.54, 1.807) is 17.0 Å². The maximum absolute atomic E-state index is 12.2. The Morgan fingerprint density at radius 1 is 1.19 bits per heavy atom. The molecular weight excluding hydrogens is 262 g/mol. The molecule has 1 atom stereocenters. The topological polar surface area (TPSA) is 29.5 Å². The van der Waals surface area contributed by atoms with Crippen LogP contribution in [0.2, 0.25) is 0 Å². The second-order valence-corrected chi connectivity index (χ2v) is 5.68. The average molecular weight is 283 g/mol. The van der Waals surface area contributed by atoms with Gasteiger partial charge in [0.1, 0.15) is 5.75 Å². The number of carbonyl (C=O) groups excluding carboxylic acids is 1. The molecule has 0 N–H and O–H groups in total. The lowest BCUT2D eigenvalue weighted by atomic mass is 9.86. The number of hydrogen-bond acceptors (Lipinski definition) is 2. The van der Waals surface area contributed by atoms with E-state index in [9.17, 15) is 4.79 Å². The summed E-state index contributed by atoms with van der Waals surface area (Å²) in [5.74, 6) is 1.05. The Morgan fingerprint density at radius 3 is 2.81 bits per heavy atom. The zero-order valence-corrected chi connectivity index (χ0v) is 12.2. The molecule has 21 heavy (non-hydrogen) atoms. The molecule has 3 nitrogen and oxygen atoms in total. The minimum absolute atomic E-state index is 0.293. The van der Waals surface area contributed by atoms with Crippen molar-refractivity contribution in [1.29, 1.82) is 0 Å². The SMILES string of the molecule is O=C(Oc1ccccc1)N1C=CC[C@@H](C2=CCCCC2)C1. The fraction of sp³-hybridized carbons (Fsp3) is 0.389. The van der Waals surface area contributed by atoms with Gasteiger partial charge in [-0.2, -0.15) is 0 Å². The fourth-order valence-corrected chi connectivity index (χ4v) is 3.01. The quantitative estimate of drug-likeness (QED) is 0.747. The molecule has 0 unspecified atom stereocenters. The molecule has 0 bridgehead atoms. The minimum atomic E-state index is -0.293. The fourth-order valence-electron chi connectivity index (χ4n) is 3.01. The van der Waals surface area contributed by atoms with Crippen molar-refractivity contribution in [3.8, 4) is 5.75 Å². The number of nitrogens with zero attached hydrogens (tertiary/aromatic N) is 1. The zero-order chi connectivity index (χ0) is 14.5. The number of carbonyl (C=O) groups is 1. The lowest BCUT2D eigenvalue weighted by Gasteiger charge is -2.30. The highest BCUT2D eigenvalue weighted by Crippen LogP contribution is 2.29. The summed E-state index contributed by atoms with van der Waals surface area (Å²) in [6.45, 7) is 0.730. The van der Waals surface area contributed by atoms with Crippen molar-refractivity contribution < 1.29 is 9.53 Å². The van der Waals surface area contributed by atoms with Crippen LogP contribution in [0.3, 0.4) is 0 Å². The van der Waals surface area contributed by atoms with Crippen LogP contribution in [0.1, 0.15) is 32.1 Å². The van der Waals surface area contributed by atoms with Crippen LogP contribution in [0.4, 0.5) is 4.79 Å². The van der Waals surface area contributed by atoms with E-state index in [1.165, 1.54) is 31.3 Å². The van der Waals surface area contributed by atoms with Crippen LogP contribution >= 0.6 is 0 Å². The van der Waals surface area contributed by atoms with Crippen molar-refractivity contribution >= 4 is 6.09 Å². The van der Waals surface area contributed by atoms with Crippen LogP contribution in [0.5, 0.6) is 5.75 Å². The molecule has 0 saturated heterocycles. The molecule has 110 valence electrons. The van der Waals surface area contributed by atoms with Gasteiger partial charge in [0.25, 0.3) is 0 Å². The van der Waals surface area contributed by atoms with Gasteiger partial charge >= 0.3 is 6.09 Å². The van der Waals surface area contributed by atoms with E-state index < -0.39 is 0 Å². The van der Waals surface area contributed by atoms with Gasteiger partial charge in [-0.1, -0.05) is 35.9 Å². The number of rotatable bonds is 2. The third kappa shape index (κ3) is 3.54. The lowest BCUT2D eigenvalue weighted by molar-refractivity contribution is 0.162. The summed E-state index contributed by atoms with van der Waals surface area (Å²) < 4.78 is 5.41. The highest BCUT2D eigenvalue weighted by atomic mass is 16.6. The third-order valence-electron chi connectivity index (χ3n) is 4.16. The normalized spacial score (nSPS) is 21.8. The van der Waals surface area contributed by atoms with Crippen LogP contribution in [0.15, 0.2) is 54.3 Å². The Morgan fingerprint density at radius 2 is 2.05 bits per heavy atom. The van der Waals surface area contributed by atoms with Gasteiger partial charge in [-0.05, 0) is 44.2 Å². The summed E-state index contributed by atoms with van der Waals surface area (Å²) in [5.41, 5.74) is 1.52. The smallest absolute Gasteiger partial charge is 0.410 e. The largest absolute Gasteiger partial charge is 0.419 e. The second-order valence-electron chi connectivity index (χ2n) is 5.68. The van der Waals surface area contributed by atoms with Gasteiger partial charge in [-0.15, -0.1) is 0 Å². The lowest BCUT2D eigenvalue weighted by Crippen LogP contribution is -2.36. The predicted octanol–water partition coefficient (Wildman–Crippen LogP) is 4.52. The minimum Gasteiger partial charge on any atom is -0.410 e. The Hall–Kier alpha value is -2.03. The van der Waals surface area contributed by atoms with Gasteiger partial charge in [0.2, 0.25) is 0 Å². The van der Waals surface area contributed by atoms with E-state index >= 15 is 0 Å². The first-order chi connectivity index (χ1) is 10.3. The van der Waals surface area contributed by atoms with E-state index in [2.05, 4.69) is 12.2 Å². The van der Waals surface area contributed by atoms with Crippen LogP contribution < -0.4 is 4.74 Å². The first kappa shape index (κ1) is 13.9. The molecule has 1 aromatic carbocycles. The molecule has 0 radical (unpaired) electrons. The molecule has 1 heterocycles. The molecule has 0 spiro atoms. The summed E-state index contributed by atoms with van der Waals surface area (Å²) in [6.07, 6.45) is 12.0. The number of para-hydroxylation sites is 1. The molecule has 2 aliphatic rings. The monoisotopic (exact) mass is 283 g/mol. The predicted molar refractivity (Wildman–Crippen MR) is 83.0 cm³/mol. The molecular formula is C18H21NO2.